The van der Waals surface area contributed by atoms with Crippen LogP contribution < -0.4 is 10.2 Å². The van der Waals surface area contributed by atoms with Crippen molar-refractivity contribution in [2.24, 2.45) is 0 Å². The third-order valence-corrected chi connectivity index (χ3v) is 8.39. The number of anilines is 2. The number of benzene rings is 1. The Morgan fingerprint density at radius 3 is 2.63 bits per heavy atom. The molecule has 2 saturated heterocycles. The van der Waals surface area contributed by atoms with E-state index < -0.39 is 17.6 Å². The Morgan fingerprint density at radius 1 is 1.07 bits per heavy atom. The summed E-state index contributed by atoms with van der Waals surface area (Å²) < 4.78 is 56.3. The molecule has 5 heterocycles. The van der Waals surface area contributed by atoms with Crippen LogP contribution in [0.4, 0.5) is 29.2 Å². The van der Waals surface area contributed by atoms with Crippen LogP contribution in [0, 0.1) is 5.82 Å². The number of likely N-dealkylation sites (tertiary alicyclic amines) is 1. The molecular formula is C28H31F4N7O2. The summed E-state index contributed by atoms with van der Waals surface area (Å²) in [5.74, 6) is 0.688. The Bertz CT molecular complexity index is 1440. The number of aromatic nitrogens is 4. The van der Waals surface area contributed by atoms with Crippen LogP contribution in [-0.4, -0.2) is 74.3 Å². The zero-order chi connectivity index (χ0) is 28.7. The molecule has 41 heavy (non-hydrogen) atoms. The quantitative estimate of drug-likeness (QED) is 0.415. The number of carbonyl (C=O) groups is 1. The molecule has 3 aliphatic heterocycles. The summed E-state index contributed by atoms with van der Waals surface area (Å²) in [7, 11) is 0. The topological polar surface area (TPSA) is 99.4 Å². The first-order chi connectivity index (χ1) is 19.7. The van der Waals surface area contributed by atoms with Gasteiger partial charge in [-0.1, -0.05) is 0 Å². The molecule has 2 fully saturated rings. The van der Waals surface area contributed by atoms with E-state index in [4.69, 9.17) is 4.98 Å². The smallest absolute Gasteiger partial charge is 0.395 e. The summed E-state index contributed by atoms with van der Waals surface area (Å²) >= 11 is 0. The molecule has 0 unspecified atom stereocenters. The van der Waals surface area contributed by atoms with Crippen LogP contribution in [0.5, 0.6) is 0 Å². The maximum Gasteiger partial charge on any atom is 0.419 e. The molecule has 0 saturated carbocycles. The highest BCUT2D eigenvalue weighted by molar-refractivity contribution is 5.99. The second-order valence-electron chi connectivity index (χ2n) is 10.9. The van der Waals surface area contributed by atoms with Gasteiger partial charge in [0.25, 0.3) is 0 Å². The molecule has 1 amide bonds. The number of fused-ring (bicyclic) bond motifs is 1. The van der Waals surface area contributed by atoms with Gasteiger partial charge in [-0.3, -0.25) is 9.69 Å². The number of aliphatic hydroxyl groups is 1. The van der Waals surface area contributed by atoms with Gasteiger partial charge < -0.3 is 19.9 Å². The molecule has 2 N–H and O–H groups in total. The lowest BCUT2D eigenvalue weighted by atomic mass is 9.95. The number of carbonyl (C=O) groups excluding carboxylic acids is 1. The molecule has 0 spiro atoms. The van der Waals surface area contributed by atoms with Crippen molar-refractivity contribution in [2.45, 2.75) is 56.8 Å². The molecule has 2 aromatic heterocycles. The number of halogens is 4. The van der Waals surface area contributed by atoms with Crippen molar-refractivity contribution in [3.8, 4) is 11.3 Å². The van der Waals surface area contributed by atoms with Crippen molar-refractivity contribution in [1.29, 1.82) is 0 Å². The van der Waals surface area contributed by atoms with Crippen LogP contribution in [0.15, 0.2) is 30.7 Å². The van der Waals surface area contributed by atoms with Crippen molar-refractivity contribution >= 4 is 17.5 Å². The first kappa shape index (κ1) is 27.6. The molecule has 1 aromatic carbocycles. The molecule has 0 aliphatic carbocycles. The van der Waals surface area contributed by atoms with Gasteiger partial charge in [-0.15, -0.1) is 0 Å². The van der Waals surface area contributed by atoms with Gasteiger partial charge in [0.2, 0.25) is 5.91 Å². The van der Waals surface area contributed by atoms with E-state index in [2.05, 4.69) is 25.1 Å². The van der Waals surface area contributed by atoms with Gasteiger partial charge in [0.05, 0.1) is 24.3 Å². The molecule has 6 rings (SSSR count). The molecular weight excluding hydrogens is 542 g/mol. The van der Waals surface area contributed by atoms with Crippen molar-refractivity contribution in [3.63, 3.8) is 0 Å². The molecule has 13 heteroatoms. The van der Waals surface area contributed by atoms with Crippen molar-refractivity contribution in [3.05, 3.63) is 53.5 Å². The second-order valence-corrected chi connectivity index (χ2v) is 10.9. The van der Waals surface area contributed by atoms with Gasteiger partial charge in [-0.05, 0) is 50.4 Å². The summed E-state index contributed by atoms with van der Waals surface area (Å²) in [6, 6.07) is 3.09. The fourth-order valence-corrected chi connectivity index (χ4v) is 6.24. The minimum absolute atomic E-state index is 0.0457. The average Bonchev–Trinajstić information content (AvgIpc) is 3.68. The van der Waals surface area contributed by atoms with Gasteiger partial charge >= 0.3 is 6.18 Å². The minimum atomic E-state index is -4.81. The lowest BCUT2D eigenvalue weighted by Crippen LogP contribution is -2.36. The van der Waals surface area contributed by atoms with Crippen LogP contribution in [0.2, 0.25) is 0 Å². The van der Waals surface area contributed by atoms with E-state index in [-0.39, 0.29) is 36.5 Å². The first-order valence-electron chi connectivity index (χ1n) is 13.9. The molecule has 9 nitrogen and oxygen atoms in total. The minimum Gasteiger partial charge on any atom is -0.395 e. The average molecular weight is 574 g/mol. The summed E-state index contributed by atoms with van der Waals surface area (Å²) in [6.45, 7) is 3.55. The molecule has 0 bridgehead atoms. The van der Waals surface area contributed by atoms with Gasteiger partial charge in [0, 0.05) is 55.5 Å². The second kappa shape index (κ2) is 11.0. The highest BCUT2D eigenvalue weighted by atomic mass is 19.4. The molecule has 3 aliphatic rings. The van der Waals surface area contributed by atoms with Crippen LogP contribution in [-0.2, 0) is 23.9 Å². The fourth-order valence-electron chi connectivity index (χ4n) is 6.24. The number of nitrogens with zero attached hydrogens (tertiary/aromatic N) is 6. The SMILES string of the molecule is O=C1Cc2c(ncnc2N2CCC(c3nc(-c4ccc(F)c(C(F)(F)F)c4)cn3CCN3CCC[C@@H]3CO)CC2)N1. The van der Waals surface area contributed by atoms with Gasteiger partial charge in [-0.25, -0.2) is 19.3 Å². The van der Waals surface area contributed by atoms with Crippen LogP contribution in [0.3, 0.4) is 0 Å². The normalized spacial score (nSPS) is 20.1. The van der Waals surface area contributed by atoms with E-state index in [1.54, 1.807) is 6.20 Å². The van der Waals surface area contributed by atoms with Gasteiger partial charge in [0.15, 0.2) is 0 Å². The third-order valence-electron chi connectivity index (χ3n) is 8.39. The number of alkyl halides is 3. The number of amides is 1. The number of hydrogen-bond acceptors (Lipinski definition) is 7. The van der Waals surface area contributed by atoms with Crippen molar-refractivity contribution in [1.82, 2.24) is 24.4 Å². The number of imidazole rings is 1. The molecule has 218 valence electrons. The maximum atomic E-state index is 14.0. The third kappa shape index (κ3) is 5.52. The maximum absolute atomic E-state index is 14.0. The molecule has 0 radical (unpaired) electrons. The summed E-state index contributed by atoms with van der Waals surface area (Å²) in [6.07, 6.45) is 2.04. The lowest BCUT2D eigenvalue weighted by molar-refractivity contribution is -0.140. The highest BCUT2D eigenvalue weighted by Gasteiger charge is 2.35. The number of rotatable bonds is 7. The fraction of sp³-hybridized carbons (Fsp3) is 0.500. The monoisotopic (exact) mass is 573 g/mol. The molecule has 1 atom stereocenters. The largest absolute Gasteiger partial charge is 0.419 e. The van der Waals surface area contributed by atoms with E-state index in [9.17, 15) is 27.5 Å². The van der Waals surface area contributed by atoms with Crippen molar-refractivity contribution < 1.29 is 27.5 Å². The summed E-state index contributed by atoms with van der Waals surface area (Å²) in [5.41, 5.74) is 0.0544. The summed E-state index contributed by atoms with van der Waals surface area (Å²) in [4.78, 5) is 29.7. The molecule has 3 aromatic rings. The Hall–Kier alpha value is -3.58. The number of aliphatic hydroxyl groups excluding tert-OH is 1. The first-order valence-corrected chi connectivity index (χ1v) is 13.9. The number of hydrogen-bond donors (Lipinski definition) is 2. The highest BCUT2D eigenvalue weighted by Crippen LogP contribution is 2.37. The Balaban J connectivity index is 1.26. The Morgan fingerprint density at radius 2 is 1.88 bits per heavy atom. The van der Waals surface area contributed by atoms with Gasteiger partial charge in [-0.2, -0.15) is 13.2 Å². The standard InChI is InChI=1S/C28H31F4N7O2/c29-22-4-3-18(12-21(22)28(30,31)32)23-14-39(11-10-37-7-1-2-19(37)15-40)26(35-23)17-5-8-38(9-6-17)27-20-13-24(41)36-25(20)33-16-34-27/h3-4,12,14,16-17,19,40H,1-2,5-11,13,15H2,(H,33,34,36,41)/t19-/m1/s1. The van der Waals surface area contributed by atoms with E-state index in [0.29, 0.717) is 37.7 Å². The Kier molecular flexibility index (Phi) is 7.41. The van der Waals surface area contributed by atoms with Crippen LogP contribution in [0.1, 0.15) is 48.6 Å². The van der Waals surface area contributed by atoms with E-state index in [0.717, 1.165) is 61.6 Å². The Labute approximate surface area is 234 Å². The lowest BCUT2D eigenvalue weighted by Gasteiger charge is -2.33. The number of piperidine rings is 1. The zero-order valence-corrected chi connectivity index (χ0v) is 22.4. The van der Waals surface area contributed by atoms with Gasteiger partial charge in [0.1, 0.15) is 29.6 Å². The van der Waals surface area contributed by atoms with E-state index >= 15 is 0 Å². The van der Waals surface area contributed by atoms with Crippen molar-refractivity contribution in [2.75, 3.05) is 43.0 Å². The summed E-state index contributed by atoms with van der Waals surface area (Å²) in [5, 5.41) is 12.5. The zero-order valence-electron chi connectivity index (χ0n) is 22.4. The number of nitrogens with one attached hydrogen (secondary N) is 1. The van der Waals surface area contributed by atoms with E-state index in [1.165, 1.54) is 12.4 Å². The van der Waals surface area contributed by atoms with Crippen LogP contribution >= 0.6 is 0 Å². The van der Waals surface area contributed by atoms with E-state index in [1.807, 2.05) is 4.57 Å². The van der Waals surface area contributed by atoms with Crippen LogP contribution in [0.25, 0.3) is 11.3 Å². The predicted octanol–water partition coefficient (Wildman–Crippen LogP) is 3.83. The predicted molar refractivity (Wildman–Crippen MR) is 143 cm³/mol.